The Morgan fingerprint density at radius 3 is 2.43 bits per heavy atom. The molecule has 0 aromatic carbocycles. The molecule has 0 saturated carbocycles. The largest absolute Gasteiger partial charge is 0.383 e. The van der Waals surface area contributed by atoms with Crippen molar-refractivity contribution in [3.63, 3.8) is 0 Å². The van der Waals surface area contributed by atoms with Gasteiger partial charge in [-0.15, -0.1) is 0 Å². The average molecular weight is 327 g/mol. The number of ether oxygens (including phenoxy) is 1. The maximum atomic E-state index is 11.8. The van der Waals surface area contributed by atoms with E-state index >= 15 is 0 Å². The number of rotatable bonds is 7. The van der Waals surface area contributed by atoms with Crippen LogP contribution in [-0.4, -0.2) is 100 Å². The minimum Gasteiger partial charge on any atom is -0.383 e. The van der Waals surface area contributed by atoms with Crippen molar-refractivity contribution in [3.05, 3.63) is 0 Å². The van der Waals surface area contributed by atoms with Crippen LogP contribution >= 0.6 is 0 Å². The van der Waals surface area contributed by atoms with E-state index in [0.717, 1.165) is 38.7 Å². The molecule has 0 aliphatic carbocycles. The summed E-state index contributed by atoms with van der Waals surface area (Å²) in [6.07, 6.45) is 0. The number of piperazine rings is 1. The number of carbonyl (C=O) groups is 1. The average Bonchev–Trinajstić information content (AvgIpc) is 2.50. The molecule has 1 rings (SSSR count). The van der Waals surface area contributed by atoms with E-state index in [1.807, 2.05) is 0 Å². The molecule has 0 aromatic rings. The predicted octanol–water partition coefficient (Wildman–Crippen LogP) is -0.0598. The summed E-state index contributed by atoms with van der Waals surface area (Å²) >= 11 is 0. The fourth-order valence-electron chi connectivity index (χ4n) is 2.48. The fourth-order valence-corrected chi connectivity index (χ4v) is 2.48. The number of methoxy groups -OCH3 is 1. The first-order valence-electron chi connectivity index (χ1n) is 8.38. The second kappa shape index (κ2) is 10.4. The molecule has 0 atom stereocenters. The first kappa shape index (κ1) is 19.7. The van der Waals surface area contributed by atoms with E-state index in [0.29, 0.717) is 19.1 Å². The van der Waals surface area contributed by atoms with Crippen LogP contribution in [0.4, 0.5) is 0 Å². The van der Waals surface area contributed by atoms with Crippen LogP contribution in [0.15, 0.2) is 4.99 Å². The van der Waals surface area contributed by atoms with E-state index in [1.54, 1.807) is 26.1 Å². The highest BCUT2D eigenvalue weighted by molar-refractivity contribution is 5.84. The molecule has 1 fully saturated rings. The summed E-state index contributed by atoms with van der Waals surface area (Å²) in [4.78, 5) is 22.5. The van der Waals surface area contributed by atoms with Gasteiger partial charge in [0, 0.05) is 60.5 Å². The lowest BCUT2D eigenvalue weighted by Gasteiger charge is -2.37. The topological polar surface area (TPSA) is 60.4 Å². The molecular weight excluding hydrogens is 294 g/mol. The zero-order valence-electron chi connectivity index (χ0n) is 15.3. The van der Waals surface area contributed by atoms with Gasteiger partial charge in [0.15, 0.2) is 5.96 Å². The summed E-state index contributed by atoms with van der Waals surface area (Å²) in [7, 11) is 5.18. The number of amides is 1. The third-order valence-corrected chi connectivity index (χ3v) is 3.75. The Morgan fingerprint density at radius 1 is 1.26 bits per heavy atom. The molecule has 1 N–H and O–H groups in total. The highest BCUT2D eigenvalue weighted by Gasteiger charge is 2.20. The summed E-state index contributed by atoms with van der Waals surface area (Å²) in [5.41, 5.74) is 0. The summed E-state index contributed by atoms with van der Waals surface area (Å²) in [6.45, 7) is 11.0. The monoisotopic (exact) mass is 327 g/mol. The van der Waals surface area contributed by atoms with Crippen molar-refractivity contribution >= 4 is 11.9 Å². The van der Waals surface area contributed by atoms with Crippen LogP contribution in [0.5, 0.6) is 0 Å². The molecule has 1 saturated heterocycles. The molecule has 0 radical (unpaired) electrons. The molecular formula is C16H33N5O2. The normalized spacial score (nSPS) is 16.8. The summed E-state index contributed by atoms with van der Waals surface area (Å²) in [5, 5.41) is 3.30. The molecule has 0 aromatic heterocycles. The molecule has 1 aliphatic rings. The molecule has 7 nitrogen and oxygen atoms in total. The summed E-state index contributed by atoms with van der Waals surface area (Å²) in [6, 6.07) is 0. The lowest BCUT2D eigenvalue weighted by molar-refractivity contribution is -0.127. The first-order valence-corrected chi connectivity index (χ1v) is 8.38. The van der Waals surface area contributed by atoms with Crippen molar-refractivity contribution in [3.8, 4) is 0 Å². The maximum Gasteiger partial charge on any atom is 0.243 e. The molecule has 0 spiro atoms. The number of likely N-dealkylation sites (N-methyl/N-ethyl adjacent to an activating group) is 1. The van der Waals surface area contributed by atoms with Crippen molar-refractivity contribution in [2.75, 3.05) is 73.6 Å². The fraction of sp³-hybridized carbons (Fsp3) is 0.875. The first-order chi connectivity index (χ1) is 10.9. The van der Waals surface area contributed by atoms with Gasteiger partial charge in [0.05, 0.1) is 6.61 Å². The third kappa shape index (κ3) is 7.65. The van der Waals surface area contributed by atoms with Gasteiger partial charge in [0.1, 0.15) is 6.54 Å². The minimum absolute atomic E-state index is 0.00878. The quantitative estimate of drug-likeness (QED) is 0.403. The van der Waals surface area contributed by atoms with E-state index in [-0.39, 0.29) is 12.5 Å². The molecule has 23 heavy (non-hydrogen) atoms. The van der Waals surface area contributed by atoms with E-state index < -0.39 is 0 Å². The number of carbonyl (C=O) groups excluding carboxylic acids is 1. The Labute approximate surface area is 140 Å². The molecule has 1 heterocycles. The van der Waals surface area contributed by atoms with Crippen molar-refractivity contribution < 1.29 is 9.53 Å². The third-order valence-electron chi connectivity index (χ3n) is 3.75. The lowest BCUT2D eigenvalue weighted by Crippen LogP contribution is -2.53. The van der Waals surface area contributed by atoms with Crippen LogP contribution in [0.3, 0.4) is 0 Å². The second-order valence-corrected chi connectivity index (χ2v) is 6.53. The number of nitrogens with one attached hydrogen (secondary N) is 1. The van der Waals surface area contributed by atoms with Gasteiger partial charge in [-0.1, -0.05) is 13.8 Å². The van der Waals surface area contributed by atoms with Crippen molar-refractivity contribution in [1.82, 2.24) is 20.0 Å². The van der Waals surface area contributed by atoms with Crippen LogP contribution in [0.1, 0.15) is 13.8 Å². The number of nitrogens with zero attached hydrogens (tertiary/aromatic N) is 4. The predicted molar refractivity (Wildman–Crippen MR) is 93.7 cm³/mol. The molecule has 0 unspecified atom stereocenters. The summed E-state index contributed by atoms with van der Waals surface area (Å²) in [5.74, 6) is 1.50. The SMILES string of the molecule is COCCNC(=NCC(=O)N(C)C)N1CCN(CC(C)C)CC1. The van der Waals surface area contributed by atoms with E-state index in [4.69, 9.17) is 4.74 Å². The van der Waals surface area contributed by atoms with Crippen molar-refractivity contribution in [2.24, 2.45) is 10.9 Å². The number of aliphatic imine (C=N–C) groups is 1. The Hall–Kier alpha value is -1.34. The maximum absolute atomic E-state index is 11.8. The molecule has 134 valence electrons. The van der Waals surface area contributed by atoms with E-state index in [1.165, 1.54) is 0 Å². The molecule has 1 amide bonds. The number of guanidine groups is 1. The van der Waals surface area contributed by atoms with Gasteiger partial charge in [-0.2, -0.15) is 0 Å². The highest BCUT2D eigenvalue weighted by Crippen LogP contribution is 2.05. The number of hydrogen-bond donors (Lipinski definition) is 1. The zero-order valence-corrected chi connectivity index (χ0v) is 15.3. The van der Waals surface area contributed by atoms with E-state index in [9.17, 15) is 4.79 Å². The number of hydrogen-bond acceptors (Lipinski definition) is 4. The van der Waals surface area contributed by atoms with Crippen molar-refractivity contribution in [1.29, 1.82) is 0 Å². The van der Waals surface area contributed by atoms with Crippen LogP contribution in [-0.2, 0) is 9.53 Å². The zero-order chi connectivity index (χ0) is 17.2. The molecule has 1 aliphatic heterocycles. The Bertz CT molecular complexity index is 377. The molecule has 0 bridgehead atoms. The van der Waals surface area contributed by atoms with Gasteiger partial charge in [-0.3, -0.25) is 9.69 Å². The Kier molecular flexibility index (Phi) is 8.94. The van der Waals surface area contributed by atoms with Crippen LogP contribution < -0.4 is 5.32 Å². The van der Waals surface area contributed by atoms with Gasteiger partial charge < -0.3 is 19.9 Å². The Morgan fingerprint density at radius 2 is 1.91 bits per heavy atom. The minimum atomic E-state index is 0.00878. The van der Waals surface area contributed by atoms with Crippen LogP contribution in [0.2, 0.25) is 0 Å². The van der Waals surface area contributed by atoms with Gasteiger partial charge in [0.25, 0.3) is 0 Å². The molecule has 7 heteroatoms. The smallest absolute Gasteiger partial charge is 0.243 e. The van der Waals surface area contributed by atoms with Gasteiger partial charge >= 0.3 is 0 Å². The summed E-state index contributed by atoms with van der Waals surface area (Å²) < 4.78 is 5.08. The van der Waals surface area contributed by atoms with Crippen molar-refractivity contribution in [2.45, 2.75) is 13.8 Å². The second-order valence-electron chi connectivity index (χ2n) is 6.53. The van der Waals surface area contributed by atoms with E-state index in [2.05, 4.69) is 34.0 Å². The highest BCUT2D eigenvalue weighted by atomic mass is 16.5. The van der Waals surface area contributed by atoms with Gasteiger partial charge in [0.2, 0.25) is 5.91 Å². The standard InChI is InChI=1S/C16H33N5O2/c1-14(2)13-20-7-9-21(10-8-20)16(17-6-11-23-5)18-12-15(22)19(3)4/h14H,6-13H2,1-5H3,(H,17,18). The van der Waals surface area contributed by atoms with Crippen LogP contribution in [0, 0.1) is 5.92 Å². The van der Waals surface area contributed by atoms with Gasteiger partial charge in [-0.05, 0) is 5.92 Å². The Balaban J connectivity index is 2.58. The lowest BCUT2D eigenvalue weighted by atomic mass is 10.2. The van der Waals surface area contributed by atoms with Gasteiger partial charge in [-0.25, -0.2) is 4.99 Å². The van der Waals surface area contributed by atoms with Crippen LogP contribution in [0.25, 0.3) is 0 Å².